The van der Waals surface area contributed by atoms with Crippen molar-refractivity contribution in [3.63, 3.8) is 0 Å². The molecule has 0 saturated heterocycles. The SMILES string of the molecule is N.N.N.O=C(O)C1=CCC(=S(=O)=O)C=C1C(=O)O.O=C(O)C1=CCC(=S(=O)=O)C=C1C(=O)O.O=C(O)C1=CCC(=S(=O)=O)C=C1C(=O)O. The summed E-state index contributed by atoms with van der Waals surface area (Å²) < 4.78 is 63.3. The fraction of sp³-hybridized carbons (Fsp3) is 0.125. The molecule has 15 N–H and O–H groups in total. The van der Waals surface area contributed by atoms with Gasteiger partial charge in [-0.2, -0.15) is 25.3 Å². The van der Waals surface area contributed by atoms with E-state index in [1.165, 1.54) is 0 Å². The van der Waals surface area contributed by atoms with E-state index in [0.717, 1.165) is 36.5 Å². The minimum atomic E-state index is -2.53. The molecule has 21 nitrogen and oxygen atoms in total. The van der Waals surface area contributed by atoms with Gasteiger partial charge in [-0.15, -0.1) is 0 Å². The largest absolute Gasteiger partial charge is 0.478 e. The van der Waals surface area contributed by atoms with Crippen LogP contribution in [0, 0.1) is 0 Å². The molecular weight excluding hydrogens is 714 g/mol. The Morgan fingerprint density at radius 1 is 0.375 bits per heavy atom. The molecule has 0 bridgehead atoms. The third-order valence-electron chi connectivity index (χ3n) is 5.33. The zero-order chi connectivity index (χ0) is 34.8. The molecule has 0 unspecified atom stereocenters. The smallest absolute Gasteiger partial charge is 0.336 e. The number of carboxylic acid groups (broad SMARTS) is 6. The third kappa shape index (κ3) is 12.9. The lowest BCUT2D eigenvalue weighted by atomic mass is 9.98. The summed E-state index contributed by atoms with van der Waals surface area (Å²) in [5, 5.41) is 52.0. The van der Waals surface area contributed by atoms with E-state index in [0.29, 0.717) is 0 Å². The van der Waals surface area contributed by atoms with Gasteiger partial charge in [-0.3, -0.25) is 0 Å². The first-order valence-electron chi connectivity index (χ1n) is 11.3. The van der Waals surface area contributed by atoms with Gasteiger partial charge in [-0.1, -0.05) is 18.2 Å². The number of rotatable bonds is 6. The molecule has 0 aliphatic heterocycles. The molecule has 0 aromatic carbocycles. The van der Waals surface area contributed by atoms with E-state index in [9.17, 15) is 54.0 Å². The van der Waals surface area contributed by atoms with Crippen LogP contribution in [0.3, 0.4) is 0 Å². The highest BCUT2D eigenvalue weighted by atomic mass is 32.2. The summed E-state index contributed by atoms with van der Waals surface area (Å²) >= 11 is 0. The van der Waals surface area contributed by atoms with Gasteiger partial charge >= 0.3 is 35.8 Å². The minimum absolute atomic E-state index is 0. The lowest BCUT2D eigenvalue weighted by Crippen LogP contribution is -2.16. The lowest BCUT2D eigenvalue weighted by Gasteiger charge is -2.08. The molecule has 0 atom stereocenters. The molecule has 3 rings (SSSR count). The topological polar surface area (TPSA) is 431 Å². The zero-order valence-corrected chi connectivity index (χ0v) is 26.5. The number of hydrogen-bond donors (Lipinski definition) is 9. The van der Waals surface area contributed by atoms with Crippen molar-refractivity contribution in [2.45, 2.75) is 19.3 Å². The molecule has 3 aliphatic rings. The van der Waals surface area contributed by atoms with Crippen molar-refractivity contribution in [3.05, 3.63) is 69.9 Å². The average molecular weight is 742 g/mol. The van der Waals surface area contributed by atoms with Crippen LogP contribution in [-0.2, 0) is 59.6 Å². The molecule has 0 heterocycles. The number of hydrogen-bond acceptors (Lipinski definition) is 15. The highest BCUT2D eigenvalue weighted by molar-refractivity contribution is 7.73. The Morgan fingerprint density at radius 3 is 0.667 bits per heavy atom. The summed E-state index contributed by atoms with van der Waals surface area (Å²) in [6.45, 7) is 0. The molecule has 0 fully saturated rings. The summed E-state index contributed by atoms with van der Waals surface area (Å²) in [4.78, 5) is 63.4. The third-order valence-corrected chi connectivity index (χ3v) is 7.47. The van der Waals surface area contributed by atoms with Gasteiger partial charge < -0.3 is 49.1 Å². The van der Waals surface area contributed by atoms with Crippen LogP contribution in [0.5, 0.6) is 0 Å². The molecule has 24 heteroatoms. The van der Waals surface area contributed by atoms with Crippen molar-refractivity contribution in [3.8, 4) is 0 Å². The Kier molecular flexibility index (Phi) is 19.8. The van der Waals surface area contributed by atoms with Gasteiger partial charge in [-0.25, -0.2) is 28.8 Å². The maximum Gasteiger partial charge on any atom is 0.336 e. The molecule has 0 radical (unpaired) electrons. The Bertz CT molecular complexity index is 1780. The zero-order valence-electron chi connectivity index (χ0n) is 24.0. The fourth-order valence-electron chi connectivity index (χ4n) is 3.32. The second-order valence-corrected chi connectivity index (χ2v) is 11.1. The molecule has 0 spiro atoms. The second-order valence-electron chi connectivity index (χ2n) is 8.07. The van der Waals surface area contributed by atoms with Gasteiger partial charge in [0.05, 0.1) is 48.0 Å². The summed E-state index contributed by atoms with van der Waals surface area (Å²) in [6.07, 6.45) is 5.46. The van der Waals surface area contributed by atoms with E-state index in [4.69, 9.17) is 30.6 Å². The van der Waals surface area contributed by atoms with Crippen molar-refractivity contribution in [1.29, 1.82) is 0 Å². The standard InChI is InChI=1S/3C8H6O6S.3H3N/c3*9-7(10)5-2-1-4(15(13)14)3-6(5)8(11)12;;;/h3*2-3H,1H2,(H,9,10)(H,11,12);3*1H3. The fourth-order valence-corrected chi connectivity index (χ4v) is 4.62. The maximum absolute atomic E-state index is 10.7. The minimum Gasteiger partial charge on any atom is -0.478 e. The van der Waals surface area contributed by atoms with Gasteiger partial charge in [0.2, 0.25) is 30.9 Å². The van der Waals surface area contributed by atoms with Crippen molar-refractivity contribution in [2.75, 3.05) is 0 Å². The van der Waals surface area contributed by atoms with Crippen LogP contribution in [-0.4, -0.2) is 106 Å². The van der Waals surface area contributed by atoms with Gasteiger partial charge in [-0.05, 0) is 18.2 Å². The van der Waals surface area contributed by atoms with E-state index in [2.05, 4.69) is 0 Å². The van der Waals surface area contributed by atoms with Crippen molar-refractivity contribution in [2.24, 2.45) is 0 Å². The Morgan fingerprint density at radius 2 is 0.542 bits per heavy atom. The van der Waals surface area contributed by atoms with Crippen LogP contribution in [0.4, 0.5) is 0 Å². The number of aliphatic carboxylic acids is 6. The molecule has 48 heavy (non-hydrogen) atoms. The first-order chi connectivity index (χ1) is 20.8. The molecule has 0 amide bonds. The highest BCUT2D eigenvalue weighted by Crippen LogP contribution is 2.19. The first kappa shape index (κ1) is 46.6. The van der Waals surface area contributed by atoms with Crippen LogP contribution in [0.2, 0.25) is 0 Å². The van der Waals surface area contributed by atoms with Gasteiger partial charge in [0, 0.05) is 19.3 Å². The van der Waals surface area contributed by atoms with E-state index in [1.54, 1.807) is 0 Å². The molecule has 0 saturated carbocycles. The monoisotopic (exact) mass is 741 g/mol. The highest BCUT2D eigenvalue weighted by Gasteiger charge is 2.25. The Labute approximate surface area is 273 Å². The van der Waals surface area contributed by atoms with Gasteiger partial charge in [0.1, 0.15) is 0 Å². The normalized spacial score (nSPS) is 14.4. The van der Waals surface area contributed by atoms with Crippen LogP contribution < -0.4 is 18.5 Å². The first-order valence-corrected chi connectivity index (χ1v) is 14.5. The number of carboxylic acids is 6. The molecular formula is C24H27N3O18S3. The van der Waals surface area contributed by atoms with Crippen molar-refractivity contribution >= 4 is 81.3 Å². The predicted octanol–water partition coefficient (Wildman–Crippen LogP) is -1.12. The second kappa shape index (κ2) is 20.4. The van der Waals surface area contributed by atoms with Gasteiger partial charge in [0.15, 0.2) is 0 Å². The van der Waals surface area contributed by atoms with E-state index < -0.39 is 100 Å². The van der Waals surface area contributed by atoms with E-state index in [1.807, 2.05) is 0 Å². The lowest BCUT2D eigenvalue weighted by molar-refractivity contribution is -0.136. The quantitative estimate of drug-likeness (QED) is 0.145. The van der Waals surface area contributed by atoms with Crippen LogP contribution in [0.1, 0.15) is 19.3 Å². The number of carbonyl (C=O) groups is 6. The molecule has 0 aromatic heterocycles. The summed E-state index contributed by atoms with van der Waals surface area (Å²) in [6, 6.07) is 0. The predicted molar refractivity (Wildman–Crippen MR) is 165 cm³/mol. The van der Waals surface area contributed by atoms with E-state index >= 15 is 0 Å². The van der Waals surface area contributed by atoms with Crippen LogP contribution in [0.25, 0.3) is 0 Å². The average Bonchev–Trinajstić information content (AvgIpc) is 2.96. The van der Waals surface area contributed by atoms with Gasteiger partial charge in [0.25, 0.3) is 0 Å². The number of allylic oxidation sites excluding steroid dienone is 6. The molecule has 264 valence electrons. The van der Waals surface area contributed by atoms with Crippen LogP contribution >= 0.6 is 0 Å². The van der Waals surface area contributed by atoms with Crippen LogP contribution in [0.15, 0.2) is 69.9 Å². The maximum atomic E-state index is 10.7. The summed E-state index contributed by atoms with van der Waals surface area (Å²) in [7, 11) is -7.58. The van der Waals surface area contributed by atoms with E-state index in [-0.39, 0.29) is 52.3 Å². The molecule has 3 aliphatic carbocycles. The molecule has 0 aromatic rings. The van der Waals surface area contributed by atoms with Crippen molar-refractivity contribution in [1.82, 2.24) is 18.5 Å². The Balaban J connectivity index is -0.000000614. The summed E-state index contributed by atoms with van der Waals surface area (Å²) in [5.74, 6) is -8.57. The van der Waals surface area contributed by atoms with Crippen molar-refractivity contribution < 1.29 is 84.7 Å². The summed E-state index contributed by atoms with van der Waals surface area (Å²) in [5.41, 5.74) is -2.74. The Hall–Kier alpha value is -5.79.